The van der Waals surface area contributed by atoms with Crippen molar-refractivity contribution < 1.29 is 9.47 Å². The van der Waals surface area contributed by atoms with Gasteiger partial charge in [-0.3, -0.25) is 10.2 Å². The first kappa shape index (κ1) is 15.5. The zero-order valence-corrected chi connectivity index (χ0v) is 14.5. The van der Waals surface area contributed by atoms with Gasteiger partial charge in [0.2, 0.25) is 0 Å². The first-order valence-electron chi connectivity index (χ1n) is 8.51. The molecular weight excluding hydrogens is 300 g/mol. The van der Waals surface area contributed by atoms with Crippen LogP contribution in [0.25, 0.3) is 0 Å². The Labute approximate surface area is 143 Å². The summed E-state index contributed by atoms with van der Waals surface area (Å²) in [6, 6.07) is 13.5. The molecule has 1 N–H and O–H groups in total. The van der Waals surface area contributed by atoms with Crippen LogP contribution in [0.1, 0.15) is 34.5 Å². The van der Waals surface area contributed by atoms with E-state index in [2.05, 4.69) is 53.5 Å². The molecule has 4 rings (SSSR count). The quantitative estimate of drug-likeness (QED) is 0.940. The lowest BCUT2D eigenvalue weighted by molar-refractivity contribution is 0.180. The van der Waals surface area contributed by atoms with Gasteiger partial charge < -0.3 is 9.47 Å². The van der Waals surface area contributed by atoms with Crippen molar-refractivity contribution in [2.75, 3.05) is 27.3 Å². The number of hydrogen-bond donors (Lipinski definition) is 1. The third kappa shape index (κ3) is 2.46. The highest BCUT2D eigenvalue weighted by Gasteiger charge is 2.38. The van der Waals surface area contributed by atoms with Gasteiger partial charge in [0.25, 0.3) is 0 Å². The highest BCUT2D eigenvalue weighted by Crippen LogP contribution is 2.43. The van der Waals surface area contributed by atoms with Gasteiger partial charge in [0, 0.05) is 19.1 Å². The Morgan fingerprint density at radius 2 is 1.75 bits per heavy atom. The minimum atomic E-state index is 0.289. The molecule has 0 spiro atoms. The second-order valence-corrected chi connectivity index (χ2v) is 6.63. The molecule has 4 nitrogen and oxygen atoms in total. The monoisotopic (exact) mass is 324 g/mol. The number of nitrogens with zero attached hydrogens (tertiary/aromatic N) is 1. The van der Waals surface area contributed by atoms with E-state index in [1.807, 2.05) is 0 Å². The van der Waals surface area contributed by atoms with Crippen molar-refractivity contribution in [2.24, 2.45) is 0 Å². The maximum atomic E-state index is 5.51. The molecule has 2 heterocycles. The van der Waals surface area contributed by atoms with E-state index in [9.17, 15) is 0 Å². The Bertz CT molecular complexity index is 742. The summed E-state index contributed by atoms with van der Waals surface area (Å²) >= 11 is 0. The number of benzene rings is 2. The zero-order chi connectivity index (χ0) is 16.7. The standard InChI is InChI=1S/C20H24N2O2/c1-13-4-6-14(7-5-13)20-21-12-17-16-11-19(24-3)18(23-2)10-15(16)8-9-22(17)20/h4-7,10-11,17,20-21H,8-9,12H2,1-3H3/t17-,20-/m1/s1. The molecule has 0 radical (unpaired) electrons. The van der Waals surface area contributed by atoms with Crippen LogP contribution < -0.4 is 14.8 Å². The zero-order valence-electron chi connectivity index (χ0n) is 14.5. The number of nitrogens with one attached hydrogen (secondary N) is 1. The Morgan fingerprint density at radius 3 is 2.46 bits per heavy atom. The normalized spacial score (nSPS) is 22.8. The molecule has 2 aromatic rings. The van der Waals surface area contributed by atoms with Gasteiger partial charge in [-0.15, -0.1) is 0 Å². The molecule has 0 amide bonds. The van der Waals surface area contributed by atoms with Crippen LogP contribution in [-0.2, 0) is 6.42 Å². The van der Waals surface area contributed by atoms with E-state index in [-0.39, 0.29) is 6.17 Å². The minimum Gasteiger partial charge on any atom is -0.493 e. The molecule has 2 atom stereocenters. The lowest BCUT2D eigenvalue weighted by atomic mass is 9.92. The lowest BCUT2D eigenvalue weighted by Crippen LogP contribution is -2.34. The van der Waals surface area contributed by atoms with E-state index in [0.717, 1.165) is 31.0 Å². The van der Waals surface area contributed by atoms with Crippen LogP contribution in [0.3, 0.4) is 0 Å². The first-order valence-corrected chi connectivity index (χ1v) is 8.51. The SMILES string of the molecule is COc1cc2c(cc1OC)[C@H]1CN[C@@H](c3ccc(C)cc3)N1CC2. The van der Waals surface area contributed by atoms with Gasteiger partial charge in [0.1, 0.15) is 0 Å². The molecule has 2 aromatic carbocycles. The number of fused-ring (bicyclic) bond motifs is 3. The van der Waals surface area contributed by atoms with Crippen LogP contribution in [0.2, 0.25) is 0 Å². The van der Waals surface area contributed by atoms with Gasteiger partial charge in [-0.05, 0) is 42.2 Å². The van der Waals surface area contributed by atoms with Crippen molar-refractivity contribution in [3.8, 4) is 11.5 Å². The van der Waals surface area contributed by atoms with Crippen molar-refractivity contribution in [1.82, 2.24) is 10.2 Å². The van der Waals surface area contributed by atoms with Crippen molar-refractivity contribution in [3.63, 3.8) is 0 Å². The fraction of sp³-hybridized carbons (Fsp3) is 0.400. The van der Waals surface area contributed by atoms with E-state index in [4.69, 9.17) is 9.47 Å². The summed E-state index contributed by atoms with van der Waals surface area (Å²) in [4.78, 5) is 2.57. The molecule has 1 saturated heterocycles. The molecule has 126 valence electrons. The third-order valence-electron chi connectivity index (χ3n) is 5.27. The highest BCUT2D eigenvalue weighted by molar-refractivity contribution is 5.50. The summed E-state index contributed by atoms with van der Waals surface area (Å²) in [7, 11) is 3.40. The van der Waals surface area contributed by atoms with E-state index in [0.29, 0.717) is 6.04 Å². The van der Waals surface area contributed by atoms with E-state index in [1.54, 1.807) is 14.2 Å². The fourth-order valence-corrected chi connectivity index (χ4v) is 3.98. The number of ether oxygens (including phenoxy) is 2. The highest BCUT2D eigenvalue weighted by atomic mass is 16.5. The van der Waals surface area contributed by atoms with E-state index in [1.165, 1.54) is 22.3 Å². The van der Waals surface area contributed by atoms with Crippen LogP contribution >= 0.6 is 0 Å². The predicted molar refractivity (Wildman–Crippen MR) is 94.6 cm³/mol. The van der Waals surface area contributed by atoms with Crippen LogP contribution in [0.4, 0.5) is 0 Å². The van der Waals surface area contributed by atoms with Gasteiger partial charge in [-0.2, -0.15) is 0 Å². The maximum absolute atomic E-state index is 5.51. The van der Waals surface area contributed by atoms with Gasteiger partial charge in [0.05, 0.1) is 20.4 Å². The number of rotatable bonds is 3. The first-order chi connectivity index (χ1) is 11.7. The molecular formula is C20H24N2O2. The third-order valence-corrected chi connectivity index (χ3v) is 5.27. The summed E-state index contributed by atoms with van der Waals surface area (Å²) in [5.74, 6) is 1.64. The molecule has 2 aliphatic heterocycles. The number of methoxy groups -OCH3 is 2. The van der Waals surface area contributed by atoms with Crippen molar-refractivity contribution in [1.29, 1.82) is 0 Å². The van der Waals surface area contributed by atoms with Gasteiger partial charge in [-0.1, -0.05) is 29.8 Å². The summed E-state index contributed by atoms with van der Waals surface area (Å²) < 4.78 is 11.0. The average molecular weight is 324 g/mol. The second kappa shape index (κ2) is 6.11. The van der Waals surface area contributed by atoms with Crippen molar-refractivity contribution in [3.05, 3.63) is 58.7 Å². The molecule has 0 bridgehead atoms. The minimum absolute atomic E-state index is 0.289. The molecule has 24 heavy (non-hydrogen) atoms. The van der Waals surface area contributed by atoms with E-state index < -0.39 is 0 Å². The second-order valence-electron chi connectivity index (χ2n) is 6.63. The summed E-state index contributed by atoms with van der Waals surface area (Å²) in [6.45, 7) is 4.14. The molecule has 2 aliphatic rings. The topological polar surface area (TPSA) is 33.7 Å². The maximum Gasteiger partial charge on any atom is 0.161 e. The summed E-state index contributed by atoms with van der Waals surface area (Å²) in [5, 5.41) is 3.70. The Kier molecular flexibility index (Phi) is 3.94. The average Bonchev–Trinajstić information content (AvgIpc) is 3.05. The molecule has 0 saturated carbocycles. The fourth-order valence-electron chi connectivity index (χ4n) is 3.98. The van der Waals surface area contributed by atoms with Crippen LogP contribution in [0.15, 0.2) is 36.4 Å². The Morgan fingerprint density at radius 1 is 1.04 bits per heavy atom. The van der Waals surface area contributed by atoms with Gasteiger partial charge in [-0.25, -0.2) is 0 Å². The molecule has 0 aliphatic carbocycles. The smallest absolute Gasteiger partial charge is 0.161 e. The van der Waals surface area contributed by atoms with Crippen molar-refractivity contribution in [2.45, 2.75) is 25.6 Å². The Hall–Kier alpha value is -2.04. The lowest BCUT2D eigenvalue weighted by Gasteiger charge is -2.35. The van der Waals surface area contributed by atoms with Crippen LogP contribution in [-0.4, -0.2) is 32.2 Å². The largest absolute Gasteiger partial charge is 0.493 e. The molecule has 0 aromatic heterocycles. The number of hydrogen-bond acceptors (Lipinski definition) is 4. The summed E-state index contributed by atoms with van der Waals surface area (Å²) in [5.41, 5.74) is 5.38. The molecule has 0 unspecified atom stereocenters. The van der Waals surface area contributed by atoms with E-state index >= 15 is 0 Å². The number of aryl methyl sites for hydroxylation is 1. The van der Waals surface area contributed by atoms with Crippen molar-refractivity contribution >= 4 is 0 Å². The summed E-state index contributed by atoms with van der Waals surface area (Å²) in [6.07, 6.45) is 1.33. The predicted octanol–water partition coefficient (Wildman–Crippen LogP) is 3.21. The van der Waals surface area contributed by atoms with Crippen LogP contribution in [0, 0.1) is 6.92 Å². The Balaban J connectivity index is 1.67. The van der Waals surface area contributed by atoms with Gasteiger partial charge in [0.15, 0.2) is 11.5 Å². The van der Waals surface area contributed by atoms with Gasteiger partial charge >= 0.3 is 0 Å². The molecule has 1 fully saturated rings. The van der Waals surface area contributed by atoms with Crippen LogP contribution in [0.5, 0.6) is 11.5 Å². The molecule has 4 heteroatoms.